The van der Waals surface area contributed by atoms with Gasteiger partial charge in [0.15, 0.2) is 0 Å². The third-order valence-electron chi connectivity index (χ3n) is 3.47. The average Bonchev–Trinajstić information content (AvgIpc) is 2.27. The van der Waals surface area contributed by atoms with Crippen molar-refractivity contribution in [2.24, 2.45) is 0 Å². The molecule has 0 radical (unpaired) electrons. The van der Waals surface area contributed by atoms with Gasteiger partial charge in [-0.25, -0.2) is 4.39 Å². The Morgan fingerprint density at radius 1 is 1.53 bits per heavy atom. The van der Waals surface area contributed by atoms with Crippen molar-refractivity contribution in [2.45, 2.75) is 44.8 Å². The van der Waals surface area contributed by atoms with E-state index < -0.39 is 0 Å². The van der Waals surface area contributed by atoms with Crippen molar-refractivity contribution in [3.8, 4) is 5.75 Å². The number of fused-ring (bicyclic) bond motifs is 1. The molecule has 0 aromatic heterocycles. The third kappa shape index (κ3) is 2.44. The average molecular weight is 237 g/mol. The van der Waals surface area contributed by atoms with Gasteiger partial charge in [-0.3, -0.25) is 0 Å². The van der Waals surface area contributed by atoms with Gasteiger partial charge in [0.2, 0.25) is 0 Å². The van der Waals surface area contributed by atoms with E-state index in [-0.39, 0.29) is 17.5 Å². The zero-order valence-electron chi connectivity index (χ0n) is 10.7. The molecule has 1 heterocycles. The van der Waals surface area contributed by atoms with Crippen LogP contribution in [0.3, 0.4) is 0 Å². The molecule has 1 N–H and O–H groups in total. The number of hydrogen-bond donors (Lipinski definition) is 1. The minimum Gasteiger partial charge on any atom is -0.487 e. The van der Waals surface area contributed by atoms with Gasteiger partial charge in [0, 0.05) is 24.1 Å². The molecule has 17 heavy (non-hydrogen) atoms. The molecule has 0 aliphatic carbocycles. The summed E-state index contributed by atoms with van der Waals surface area (Å²) in [5.74, 6) is 0.450. The largest absolute Gasteiger partial charge is 0.487 e. The first-order valence-electron chi connectivity index (χ1n) is 6.24. The number of halogens is 1. The van der Waals surface area contributed by atoms with Crippen molar-refractivity contribution in [2.75, 3.05) is 7.05 Å². The van der Waals surface area contributed by atoms with E-state index in [4.69, 9.17) is 4.74 Å². The second-order valence-electron chi connectivity index (χ2n) is 5.03. The van der Waals surface area contributed by atoms with E-state index in [2.05, 4.69) is 19.2 Å². The lowest BCUT2D eigenvalue weighted by Gasteiger charge is -2.40. The number of rotatable bonds is 3. The highest BCUT2D eigenvalue weighted by Crippen LogP contribution is 2.41. The van der Waals surface area contributed by atoms with E-state index >= 15 is 0 Å². The highest BCUT2D eigenvalue weighted by atomic mass is 19.1. The van der Waals surface area contributed by atoms with Crippen LogP contribution in [0, 0.1) is 5.82 Å². The van der Waals surface area contributed by atoms with Crippen LogP contribution in [0.15, 0.2) is 18.2 Å². The first-order chi connectivity index (χ1) is 8.08. The van der Waals surface area contributed by atoms with Crippen LogP contribution in [0.4, 0.5) is 4.39 Å². The maximum absolute atomic E-state index is 13.3. The Balaban J connectivity index is 2.36. The first kappa shape index (κ1) is 12.4. The van der Waals surface area contributed by atoms with Crippen LogP contribution in [-0.2, 0) is 0 Å². The monoisotopic (exact) mass is 237 g/mol. The van der Waals surface area contributed by atoms with Gasteiger partial charge >= 0.3 is 0 Å². The van der Waals surface area contributed by atoms with Crippen LogP contribution >= 0.6 is 0 Å². The summed E-state index contributed by atoms with van der Waals surface area (Å²) in [6, 6.07) is 5.05. The molecule has 0 fully saturated rings. The van der Waals surface area contributed by atoms with E-state index in [0.717, 1.165) is 24.8 Å². The number of nitrogens with one attached hydrogen (secondary N) is 1. The molecule has 0 spiro atoms. The van der Waals surface area contributed by atoms with E-state index in [9.17, 15) is 4.39 Å². The molecule has 0 amide bonds. The molecular formula is C14H20FNO. The van der Waals surface area contributed by atoms with E-state index in [1.807, 2.05) is 13.1 Å². The highest BCUT2D eigenvalue weighted by molar-refractivity contribution is 5.39. The quantitative estimate of drug-likeness (QED) is 0.869. The lowest BCUT2D eigenvalue weighted by atomic mass is 9.85. The summed E-state index contributed by atoms with van der Waals surface area (Å²) >= 11 is 0. The van der Waals surface area contributed by atoms with Gasteiger partial charge in [-0.05, 0) is 26.5 Å². The Hall–Kier alpha value is -1.09. The van der Waals surface area contributed by atoms with Crippen LogP contribution in [0.25, 0.3) is 0 Å². The van der Waals surface area contributed by atoms with E-state index in [1.54, 1.807) is 0 Å². The van der Waals surface area contributed by atoms with Crippen LogP contribution in [0.2, 0.25) is 0 Å². The summed E-state index contributed by atoms with van der Waals surface area (Å²) in [6.07, 6.45) is 2.98. The Kier molecular flexibility index (Phi) is 3.38. The fourth-order valence-corrected chi connectivity index (χ4v) is 2.67. The molecule has 2 rings (SSSR count). The zero-order valence-corrected chi connectivity index (χ0v) is 10.7. The number of hydrogen-bond acceptors (Lipinski definition) is 2. The smallest absolute Gasteiger partial charge is 0.127 e. The minimum absolute atomic E-state index is 0.191. The number of benzene rings is 1. The molecule has 1 aliphatic rings. The molecule has 2 nitrogen and oxygen atoms in total. The fourth-order valence-electron chi connectivity index (χ4n) is 2.67. The lowest BCUT2D eigenvalue weighted by molar-refractivity contribution is 0.0398. The fraction of sp³-hybridized carbons (Fsp3) is 0.571. The van der Waals surface area contributed by atoms with Gasteiger partial charge in [-0.1, -0.05) is 19.4 Å². The van der Waals surface area contributed by atoms with Crippen LogP contribution in [-0.4, -0.2) is 12.6 Å². The third-order valence-corrected chi connectivity index (χ3v) is 3.47. The van der Waals surface area contributed by atoms with Crippen molar-refractivity contribution in [1.29, 1.82) is 0 Å². The van der Waals surface area contributed by atoms with Gasteiger partial charge in [-0.15, -0.1) is 0 Å². The summed E-state index contributed by atoms with van der Waals surface area (Å²) < 4.78 is 19.3. The Morgan fingerprint density at radius 2 is 2.29 bits per heavy atom. The maximum atomic E-state index is 13.3. The molecule has 0 bridgehead atoms. The summed E-state index contributed by atoms with van der Waals surface area (Å²) in [4.78, 5) is 0. The molecule has 0 saturated heterocycles. The van der Waals surface area contributed by atoms with E-state index in [0.29, 0.717) is 5.75 Å². The summed E-state index contributed by atoms with van der Waals surface area (Å²) in [5, 5.41) is 3.29. The normalized spacial score (nSPS) is 27.4. The molecule has 1 aliphatic heterocycles. The summed E-state index contributed by atoms with van der Waals surface area (Å²) in [7, 11) is 1.94. The molecule has 2 atom stereocenters. The van der Waals surface area contributed by atoms with Crippen molar-refractivity contribution in [3.63, 3.8) is 0 Å². The van der Waals surface area contributed by atoms with Gasteiger partial charge in [0.1, 0.15) is 17.2 Å². The molecule has 3 heteroatoms. The Morgan fingerprint density at radius 3 is 2.94 bits per heavy atom. The number of ether oxygens (including phenoxy) is 1. The van der Waals surface area contributed by atoms with E-state index in [1.165, 1.54) is 12.1 Å². The Labute approximate surface area is 102 Å². The SMILES string of the molecule is CCCC1(C)CC(NC)c2ccc(F)cc2O1. The topological polar surface area (TPSA) is 21.3 Å². The predicted octanol–water partition coefficient (Wildman–Crippen LogP) is 3.43. The van der Waals surface area contributed by atoms with Crippen LogP contribution < -0.4 is 10.1 Å². The maximum Gasteiger partial charge on any atom is 0.127 e. The van der Waals surface area contributed by atoms with Gasteiger partial charge < -0.3 is 10.1 Å². The molecule has 1 aromatic carbocycles. The minimum atomic E-state index is -0.237. The van der Waals surface area contributed by atoms with Crippen LogP contribution in [0.1, 0.15) is 44.7 Å². The zero-order chi connectivity index (χ0) is 12.5. The van der Waals surface area contributed by atoms with Gasteiger partial charge in [0.25, 0.3) is 0 Å². The second-order valence-corrected chi connectivity index (χ2v) is 5.03. The lowest BCUT2D eigenvalue weighted by Crippen LogP contribution is -2.41. The molecule has 94 valence electrons. The second kappa shape index (κ2) is 4.65. The summed E-state index contributed by atoms with van der Waals surface area (Å²) in [6.45, 7) is 4.25. The van der Waals surface area contributed by atoms with Crippen molar-refractivity contribution >= 4 is 0 Å². The predicted molar refractivity (Wildman–Crippen MR) is 66.8 cm³/mol. The van der Waals surface area contributed by atoms with Gasteiger partial charge in [0.05, 0.1) is 0 Å². The first-order valence-corrected chi connectivity index (χ1v) is 6.24. The molecule has 2 unspecified atom stereocenters. The standard InChI is InChI=1S/C14H20FNO/c1-4-7-14(2)9-12(16-3)11-6-5-10(15)8-13(11)17-14/h5-6,8,12,16H,4,7,9H2,1-3H3. The molecule has 0 saturated carbocycles. The molecule has 1 aromatic rings. The highest BCUT2D eigenvalue weighted by Gasteiger charge is 2.36. The van der Waals surface area contributed by atoms with Crippen LogP contribution in [0.5, 0.6) is 5.75 Å². The van der Waals surface area contributed by atoms with Crippen molar-refractivity contribution in [1.82, 2.24) is 5.32 Å². The summed E-state index contributed by atoms with van der Waals surface area (Å²) in [5.41, 5.74) is 0.867. The van der Waals surface area contributed by atoms with Gasteiger partial charge in [-0.2, -0.15) is 0 Å². The molecular weight excluding hydrogens is 217 g/mol. The van der Waals surface area contributed by atoms with Crippen molar-refractivity contribution < 1.29 is 9.13 Å². The Bertz CT molecular complexity index is 407. The van der Waals surface area contributed by atoms with Crippen molar-refractivity contribution in [3.05, 3.63) is 29.6 Å².